The van der Waals surface area contributed by atoms with Gasteiger partial charge in [0, 0.05) is 13.2 Å². The van der Waals surface area contributed by atoms with Crippen LogP contribution in [0.15, 0.2) is 36.7 Å². The Hall–Kier alpha value is -3.69. The molecule has 0 aliphatic rings. The third-order valence-corrected chi connectivity index (χ3v) is 4.07. The van der Waals surface area contributed by atoms with E-state index in [1.165, 1.54) is 17.8 Å². The van der Waals surface area contributed by atoms with E-state index in [-0.39, 0.29) is 11.4 Å². The first-order valence-electron chi connectivity index (χ1n) is 8.03. The van der Waals surface area contributed by atoms with Gasteiger partial charge in [-0.15, -0.1) is 0 Å². The summed E-state index contributed by atoms with van der Waals surface area (Å²) in [5.74, 6) is 0.0809. The Morgan fingerprint density at radius 2 is 2.19 bits per heavy atom. The maximum Gasteiger partial charge on any atom is 0.322 e. The highest BCUT2D eigenvalue weighted by atomic mass is 16.6. The van der Waals surface area contributed by atoms with Crippen molar-refractivity contribution in [3.8, 4) is 5.75 Å². The molecular formula is C17H18N6O4. The van der Waals surface area contributed by atoms with Crippen molar-refractivity contribution in [1.82, 2.24) is 19.6 Å². The van der Waals surface area contributed by atoms with Gasteiger partial charge in [-0.2, -0.15) is 10.2 Å². The molecule has 0 saturated heterocycles. The summed E-state index contributed by atoms with van der Waals surface area (Å²) in [5.41, 5.74) is 1.16. The van der Waals surface area contributed by atoms with Crippen LogP contribution in [0, 0.1) is 17.0 Å². The second-order valence-electron chi connectivity index (χ2n) is 5.90. The molecule has 2 heterocycles. The Labute approximate surface area is 154 Å². The molecule has 0 fully saturated rings. The Bertz CT molecular complexity index is 1010. The summed E-state index contributed by atoms with van der Waals surface area (Å²) in [6, 6.07) is 7.55. The van der Waals surface area contributed by atoms with E-state index >= 15 is 0 Å². The summed E-state index contributed by atoms with van der Waals surface area (Å²) in [5, 5.41) is 22.0. The first-order chi connectivity index (χ1) is 12.9. The maximum atomic E-state index is 12.4. The Balaban J connectivity index is 1.75. The first kappa shape index (κ1) is 18.1. The highest BCUT2D eigenvalue weighted by molar-refractivity contribution is 6.05. The molecule has 1 aromatic carbocycles. The van der Waals surface area contributed by atoms with Gasteiger partial charge in [-0.05, 0) is 24.6 Å². The smallest absolute Gasteiger partial charge is 0.322 e. The Kier molecular flexibility index (Phi) is 4.88. The van der Waals surface area contributed by atoms with Gasteiger partial charge in [0.15, 0.2) is 0 Å². The number of benzene rings is 1. The van der Waals surface area contributed by atoms with Crippen molar-refractivity contribution in [1.29, 1.82) is 0 Å². The van der Waals surface area contributed by atoms with Crippen LogP contribution in [0.25, 0.3) is 0 Å². The van der Waals surface area contributed by atoms with E-state index in [0.717, 1.165) is 11.3 Å². The molecule has 140 valence electrons. The van der Waals surface area contributed by atoms with Crippen LogP contribution in [-0.2, 0) is 13.6 Å². The molecule has 3 rings (SSSR count). The van der Waals surface area contributed by atoms with Crippen molar-refractivity contribution in [3.63, 3.8) is 0 Å². The number of carbonyl (C=O) groups excluding carboxylic acids is 1. The molecule has 0 atom stereocenters. The molecule has 10 nitrogen and oxygen atoms in total. The minimum atomic E-state index is -0.661. The number of nitrogens with one attached hydrogen (secondary N) is 1. The molecule has 0 saturated carbocycles. The van der Waals surface area contributed by atoms with Crippen molar-refractivity contribution in [2.45, 2.75) is 13.5 Å². The number of rotatable bonds is 6. The number of hydrogen-bond acceptors (Lipinski definition) is 6. The second-order valence-corrected chi connectivity index (χ2v) is 5.90. The zero-order chi connectivity index (χ0) is 19.6. The Morgan fingerprint density at radius 1 is 1.41 bits per heavy atom. The topological polar surface area (TPSA) is 117 Å². The normalized spacial score (nSPS) is 10.6. The minimum Gasteiger partial charge on any atom is -0.497 e. The van der Waals surface area contributed by atoms with Crippen LogP contribution in [0.1, 0.15) is 21.7 Å². The highest BCUT2D eigenvalue weighted by Crippen LogP contribution is 2.23. The number of amides is 1. The second kappa shape index (κ2) is 7.28. The minimum absolute atomic E-state index is 0.236. The molecule has 1 amide bonds. The van der Waals surface area contributed by atoms with E-state index in [0.29, 0.717) is 17.9 Å². The number of ether oxygens (including phenoxy) is 1. The zero-order valence-corrected chi connectivity index (χ0v) is 15.0. The maximum absolute atomic E-state index is 12.4. The van der Waals surface area contributed by atoms with Gasteiger partial charge in [0.2, 0.25) is 5.69 Å². The van der Waals surface area contributed by atoms with Crippen LogP contribution in [0.5, 0.6) is 5.75 Å². The van der Waals surface area contributed by atoms with Gasteiger partial charge in [-0.25, -0.2) is 0 Å². The van der Waals surface area contributed by atoms with Crippen LogP contribution < -0.4 is 10.1 Å². The van der Waals surface area contributed by atoms with Gasteiger partial charge in [-0.1, -0.05) is 12.1 Å². The highest BCUT2D eigenvalue weighted by Gasteiger charge is 2.29. The van der Waals surface area contributed by atoms with E-state index < -0.39 is 10.8 Å². The predicted octanol–water partition coefficient (Wildman–Crippen LogP) is 2.14. The lowest BCUT2D eigenvalue weighted by atomic mass is 10.2. The lowest BCUT2D eigenvalue weighted by Gasteiger charge is -2.04. The molecule has 2 aromatic heterocycles. The zero-order valence-electron chi connectivity index (χ0n) is 15.0. The molecule has 0 aliphatic heterocycles. The average molecular weight is 370 g/mol. The van der Waals surface area contributed by atoms with E-state index in [1.807, 2.05) is 24.3 Å². The molecular weight excluding hydrogens is 352 g/mol. The molecule has 1 N–H and O–H groups in total. The van der Waals surface area contributed by atoms with Gasteiger partial charge in [0.25, 0.3) is 5.91 Å². The molecule has 27 heavy (non-hydrogen) atoms. The fourth-order valence-electron chi connectivity index (χ4n) is 2.63. The largest absolute Gasteiger partial charge is 0.497 e. The summed E-state index contributed by atoms with van der Waals surface area (Å²) in [6.45, 7) is 2.02. The van der Waals surface area contributed by atoms with Crippen molar-refractivity contribution in [3.05, 3.63) is 63.7 Å². The van der Waals surface area contributed by atoms with Gasteiger partial charge < -0.3 is 10.1 Å². The van der Waals surface area contributed by atoms with E-state index in [1.54, 1.807) is 25.0 Å². The molecule has 10 heteroatoms. The van der Waals surface area contributed by atoms with Crippen LogP contribution in [0.3, 0.4) is 0 Å². The number of carbonyl (C=O) groups is 1. The number of nitrogens with zero attached hydrogens (tertiary/aromatic N) is 5. The van der Waals surface area contributed by atoms with Gasteiger partial charge in [0.05, 0.1) is 30.5 Å². The van der Waals surface area contributed by atoms with E-state index in [4.69, 9.17) is 4.74 Å². The van der Waals surface area contributed by atoms with Crippen molar-refractivity contribution >= 4 is 17.3 Å². The molecule has 0 bridgehead atoms. The number of nitro groups is 1. The van der Waals surface area contributed by atoms with Gasteiger partial charge in [0.1, 0.15) is 11.4 Å². The number of methoxy groups -OCH3 is 1. The average Bonchev–Trinajstić information content (AvgIpc) is 3.19. The molecule has 3 aromatic rings. The summed E-state index contributed by atoms with van der Waals surface area (Å²) < 4.78 is 8.14. The lowest BCUT2D eigenvalue weighted by Crippen LogP contribution is -2.14. The van der Waals surface area contributed by atoms with Crippen molar-refractivity contribution in [2.75, 3.05) is 12.4 Å². The summed E-state index contributed by atoms with van der Waals surface area (Å²) in [6.07, 6.45) is 3.11. The predicted molar refractivity (Wildman–Crippen MR) is 96.9 cm³/mol. The molecule has 0 unspecified atom stereocenters. The third kappa shape index (κ3) is 3.78. The molecule has 0 spiro atoms. The van der Waals surface area contributed by atoms with E-state index in [9.17, 15) is 14.9 Å². The Morgan fingerprint density at radius 3 is 2.89 bits per heavy atom. The van der Waals surface area contributed by atoms with E-state index in [2.05, 4.69) is 15.5 Å². The number of aryl methyl sites for hydroxylation is 1. The number of anilines is 1. The monoisotopic (exact) mass is 370 g/mol. The van der Waals surface area contributed by atoms with Crippen molar-refractivity contribution < 1.29 is 14.5 Å². The lowest BCUT2D eigenvalue weighted by molar-refractivity contribution is -0.385. The van der Waals surface area contributed by atoms with Crippen LogP contribution in [0.2, 0.25) is 0 Å². The SMILES string of the molecule is COc1cccc(Cn2cc(NC(=O)c3nn(C)c(C)c3[N+](=O)[O-])cn2)c1. The summed E-state index contributed by atoms with van der Waals surface area (Å²) in [4.78, 5) is 23.0. The van der Waals surface area contributed by atoms with Crippen LogP contribution in [-0.4, -0.2) is 37.5 Å². The van der Waals surface area contributed by atoms with Crippen LogP contribution >= 0.6 is 0 Å². The van der Waals surface area contributed by atoms with Crippen LogP contribution in [0.4, 0.5) is 11.4 Å². The fraction of sp³-hybridized carbons (Fsp3) is 0.235. The summed E-state index contributed by atoms with van der Waals surface area (Å²) in [7, 11) is 3.14. The van der Waals surface area contributed by atoms with Crippen molar-refractivity contribution in [2.24, 2.45) is 7.05 Å². The fourth-order valence-corrected chi connectivity index (χ4v) is 2.63. The molecule has 0 aliphatic carbocycles. The molecule has 0 radical (unpaired) electrons. The van der Waals surface area contributed by atoms with Gasteiger partial charge in [-0.3, -0.25) is 24.3 Å². The number of aromatic nitrogens is 4. The standard InChI is InChI=1S/C17H18N6O4/c1-11-16(23(25)26)15(20-21(11)2)17(24)19-13-8-18-22(10-13)9-12-5-4-6-14(7-12)27-3/h4-8,10H,9H2,1-3H3,(H,19,24). The van der Waals surface area contributed by atoms with Gasteiger partial charge >= 0.3 is 5.69 Å². The third-order valence-electron chi connectivity index (χ3n) is 4.07. The quantitative estimate of drug-likeness (QED) is 0.525. The number of hydrogen-bond donors (Lipinski definition) is 1. The summed E-state index contributed by atoms with van der Waals surface area (Å²) >= 11 is 0. The first-order valence-corrected chi connectivity index (χ1v) is 8.03.